The van der Waals surface area contributed by atoms with Crippen molar-refractivity contribution < 1.29 is 38.3 Å². The van der Waals surface area contributed by atoms with Gasteiger partial charge in [-0.15, -0.1) is 0 Å². The maximum absolute atomic E-state index is 13.2. The minimum atomic E-state index is -0.888. The van der Waals surface area contributed by atoms with Gasteiger partial charge in [0.05, 0.1) is 24.3 Å². The predicted octanol–water partition coefficient (Wildman–Crippen LogP) is 4.29. The molecule has 12 nitrogen and oxygen atoms in total. The van der Waals surface area contributed by atoms with Gasteiger partial charge in [0.1, 0.15) is 11.3 Å². The summed E-state index contributed by atoms with van der Waals surface area (Å²) < 4.78 is 16.1. The molecule has 1 heterocycles. The lowest BCUT2D eigenvalue weighted by Gasteiger charge is -2.26. The number of anilines is 1. The first-order valence-corrected chi connectivity index (χ1v) is 12.2. The van der Waals surface area contributed by atoms with Gasteiger partial charge in [0.2, 0.25) is 0 Å². The van der Waals surface area contributed by atoms with Gasteiger partial charge in [-0.25, -0.2) is 14.5 Å². The van der Waals surface area contributed by atoms with Crippen LogP contribution in [0.3, 0.4) is 0 Å². The summed E-state index contributed by atoms with van der Waals surface area (Å²) in [5, 5.41) is 12.9. The summed E-state index contributed by atoms with van der Waals surface area (Å²) in [6, 6.07) is 15.3. The maximum atomic E-state index is 13.2. The fourth-order valence-corrected chi connectivity index (χ4v) is 3.77. The molecule has 0 aliphatic carbocycles. The number of rotatable bonds is 9. The van der Waals surface area contributed by atoms with Crippen molar-refractivity contribution in [1.29, 1.82) is 0 Å². The summed E-state index contributed by atoms with van der Waals surface area (Å²) in [6.45, 7) is 1.95. The number of nitro benzene ring substituents is 1. The lowest BCUT2D eigenvalue weighted by Crippen LogP contribution is -2.54. The largest absolute Gasteiger partial charge is 0.497 e. The van der Waals surface area contributed by atoms with Gasteiger partial charge < -0.3 is 14.2 Å². The van der Waals surface area contributed by atoms with Crippen molar-refractivity contribution in [3.05, 3.63) is 99.6 Å². The fourth-order valence-electron chi connectivity index (χ4n) is 3.77. The van der Waals surface area contributed by atoms with Crippen molar-refractivity contribution in [2.45, 2.75) is 6.92 Å². The normalized spacial score (nSPS) is 14.2. The van der Waals surface area contributed by atoms with Crippen molar-refractivity contribution in [2.24, 2.45) is 0 Å². The van der Waals surface area contributed by atoms with E-state index in [1.807, 2.05) is 0 Å². The number of imide groups is 2. The highest BCUT2D eigenvalue weighted by molar-refractivity contribution is 6.39. The molecule has 0 aromatic heterocycles. The van der Waals surface area contributed by atoms with Crippen molar-refractivity contribution in [3.63, 3.8) is 0 Å². The average Bonchev–Trinajstić information content (AvgIpc) is 2.96. The van der Waals surface area contributed by atoms with Gasteiger partial charge in [-0.2, -0.15) is 0 Å². The summed E-state index contributed by atoms with van der Waals surface area (Å²) >= 11 is 0. The molecule has 1 N–H and O–H groups in total. The minimum Gasteiger partial charge on any atom is -0.497 e. The first-order chi connectivity index (χ1) is 19.7. The Balaban J connectivity index is 1.54. The average molecular weight is 558 g/mol. The number of carbonyl (C=O) groups excluding carboxylic acids is 4. The summed E-state index contributed by atoms with van der Waals surface area (Å²) in [6.07, 6.45) is 3.89. The highest BCUT2D eigenvalue weighted by Crippen LogP contribution is 2.31. The SMILES string of the molecule is CCOc1cc(/C=C2\C(=O)NC(=O)N(c3ccc(OC)cc3)C2=O)ccc1OC(=O)/C=C/c1ccc([N+](=O)[O-])cc1. The molecule has 0 saturated carbocycles. The Labute approximate surface area is 233 Å². The van der Waals surface area contributed by atoms with E-state index < -0.39 is 28.7 Å². The van der Waals surface area contributed by atoms with Gasteiger partial charge in [0, 0.05) is 18.2 Å². The highest BCUT2D eigenvalue weighted by Gasteiger charge is 2.36. The maximum Gasteiger partial charge on any atom is 0.336 e. The molecule has 0 unspecified atom stereocenters. The molecule has 0 spiro atoms. The van der Waals surface area contributed by atoms with E-state index in [1.165, 1.54) is 73.9 Å². The van der Waals surface area contributed by atoms with Crippen LogP contribution in [0.25, 0.3) is 12.2 Å². The number of amides is 4. The van der Waals surface area contributed by atoms with Crippen molar-refractivity contribution >= 4 is 47.3 Å². The first-order valence-electron chi connectivity index (χ1n) is 12.2. The van der Waals surface area contributed by atoms with E-state index in [0.29, 0.717) is 16.9 Å². The molecule has 0 atom stereocenters. The Kier molecular flexibility index (Phi) is 8.53. The second-order valence-electron chi connectivity index (χ2n) is 8.40. The Morgan fingerprint density at radius 2 is 1.66 bits per heavy atom. The van der Waals surface area contributed by atoms with Crippen LogP contribution in [0.2, 0.25) is 0 Å². The Bertz CT molecular complexity index is 1580. The third-order valence-corrected chi connectivity index (χ3v) is 5.74. The van der Waals surface area contributed by atoms with E-state index in [1.54, 1.807) is 19.1 Å². The van der Waals surface area contributed by atoms with Gasteiger partial charge in [-0.1, -0.05) is 6.07 Å². The summed E-state index contributed by atoms with van der Waals surface area (Å²) in [7, 11) is 1.48. The minimum absolute atomic E-state index is 0.0754. The number of hydrogen-bond donors (Lipinski definition) is 1. The number of methoxy groups -OCH3 is 1. The topological polar surface area (TPSA) is 154 Å². The van der Waals surface area contributed by atoms with Crippen LogP contribution < -0.4 is 24.4 Å². The lowest BCUT2D eigenvalue weighted by atomic mass is 10.1. The Morgan fingerprint density at radius 1 is 0.976 bits per heavy atom. The molecule has 3 aromatic rings. The Hall–Kier alpha value is -5.78. The van der Waals surface area contributed by atoms with Crippen LogP contribution >= 0.6 is 0 Å². The van der Waals surface area contributed by atoms with Crippen LogP contribution in [-0.2, 0) is 14.4 Å². The molecular formula is C29H23N3O9. The molecule has 3 aromatic carbocycles. The number of benzene rings is 3. The van der Waals surface area contributed by atoms with Crippen molar-refractivity contribution in [3.8, 4) is 17.2 Å². The lowest BCUT2D eigenvalue weighted by molar-refractivity contribution is -0.384. The van der Waals surface area contributed by atoms with Gasteiger partial charge in [-0.05, 0) is 78.7 Å². The summed E-state index contributed by atoms with van der Waals surface area (Å²) in [4.78, 5) is 61.7. The molecule has 1 aliphatic rings. The number of esters is 1. The zero-order chi connectivity index (χ0) is 29.5. The van der Waals surface area contributed by atoms with Crippen LogP contribution in [0, 0.1) is 10.1 Å². The van der Waals surface area contributed by atoms with Crippen LogP contribution in [-0.4, -0.2) is 42.5 Å². The third-order valence-electron chi connectivity index (χ3n) is 5.74. The number of nitrogens with one attached hydrogen (secondary N) is 1. The molecule has 1 fully saturated rings. The molecule has 4 amide bonds. The monoisotopic (exact) mass is 557 g/mol. The van der Waals surface area contributed by atoms with E-state index in [9.17, 15) is 29.3 Å². The van der Waals surface area contributed by atoms with E-state index in [4.69, 9.17) is 14.2 Å². The zero-order valence-electron chi connectivity index (χ0n) is 21.9. The van der Waals surface area contributed by atoms with Crippen molar-refractivity contribution in [2.75, 3.05) is 18.6 Å². The van der Waals surface area contributed by atoms with Gasteiger partial charge in [0.15, 0.2) is 11.5 Å². The first kappa shape index (κ1) is 28.2. The second-order valence-corrected chi connectivity index (χ2v) is 8.40. The van der Waals surface area contributed by atoms with Crippen molar-refractivity contribution in [1.82, 2.24) is 5.32 Å². The molecule has 12 heteroatoms. The smallest absolute Gasteiger partial charge is 0.336 e. The fraction of sp³-hybridized carbons (Fsp3) is 0.103. The number of carbonyl (C=O) groups is 4. The Morgan fingerprint density at radius 3 is 2.29 bits per heavy atom. The van der Waals surface area contributed by atoms with Crippen LogP contribution in [0.5, 0.6) is 17.2 Å². The van der Waals surface area contributed by atoms with E-state index in [0.717, 1.165) is 11.0 Å². The van der Waals surface area contributed by atoms with Gasteiger partial charge in [-0.3, -0.25) is 25.0 Å². The molecular weight excluding hydrogens is 534 g/mol. The number of barbiturate groups is 1. The third kappa shape index (κ3) is 6.63. The van der Waals surface area contributed by atoms with E-state index in [2.05, 4.69) is 5.32 Å². The number of non-ortho nitro benzene ring substituents is 1. The molecule has 4 rings (SSSR count). The summed E-state index contributed by atoms with van der Waals surface area (Å²) in [5.41, 5.74) is 0.798. The van der Waals surface area contributed by atoms with Crippen LogP contribution in [0.15, 0.2) is 78.4 Å². The quantitative estimate of drug-likeness (QED) is 0.101. The molecule has 1 saturated heterocycles. The van der Waals surface area contributed by atoms with Gasteiger partial charge in [0.25, 0.3) is 17.5 Å². The molecule has 0 bridgehead atoms. The number of urea groups is 1. The number of ether oxygens (including phenoxy) is 3. The van der Waals surface area contributed by atoms with Gasteiger partial charge >= 0.3 is 12.0 Å². The van der Waals surface area contributed by atoms with Crippen LogP contribution in [0.1, 0.15) is 18.1 Å². The number of hydrogen-bond acceptors (Lipinski definition) is 9. The molecule has 0 radical (unpaired) electrons. The highest BCUT2D eigenvalue weighted by atomic mass is 16.6. The predicted molar refractivity (Wildman–Crippen MR) is 147 cm³/mol. The second kappa shape index (κ2) is 12.4. The number of nitrogens with zero attached hydrogens (tertiary/aromatic N) is 2. The van der Waals surface area contributed by atoms with E-state index >= 15 is 0 Å². The molecule has 1 aliphatic heterocycles. The standard InChI is InChI=1S/C29H23N3O9/c1-3-40-25-17-19(6-14-24(25)41-26(33)15-7-18-4-8-21(9-5-18)32(37)38)16-23-27(34)30-29(36)31(28(23)35)20-10-12-22(39-2)13-11-20/h4-17H,3H2,1-2H3,(H,30,34,36)/b15-7+,23-16+. The van der Waals surface area contributed by atoms with E-state index in [-0.39, 0.29) is 35.1 Å². The summed E-state index contributed by atoms with van der Waals surface area (Å²) in [5.74, 6) is -1.64. The van der Waals surface area contributed by atoms with Crippen LogP contribution in [0.4, 0.5) is 16.2 Å². The molecule has 208 valence electrons. The zero-order valence-corrected chi connectivity index (χ0v) is 21.9. The number of nitro groups is 1. The molecule has 41 heavy (non-hydrogen) atoms.